The molecule has 338 valence electrons. The van der Waals surface area contributed by atoms with Crippen molar-refractivity contribution in [2.24, 2.45) is 5.92 Å². The molecule has 0 saturated carbocycles. The van der Waals surface area contributed by atoms with Crippen molar-refractivity contribution in [1.29, 1.82) is 0 Å². The molecule has 1 aliphatic carbocycles. The summed E-state index contributed by atoms with van der Waals surface area (Å²) in [5.41, 5.74) is 6.21. The molecule has 9 heteroatoms. The number of nitrogens with zero attached hydrogens (tertiary/aromatic N) is 2. The van der Waals surface area contributed by atoms with Gasteiger partial charge in [-0.15, -0.1) is 23.5 Å². The van der Waals surface area contributed by atoms with Crippen molar-refractivity contribution < 1.29 is 12.8 Å². The summed E-state index contributed by atoms with van der Waals surface area (Å²) in [6.07, 6.45) is 6.00. The first-order valence-electron chi connectivity index (χ1n) is 23.4. The fourth-order valence-electron chi connectivity index (χ4n) is 8.54. The van der Waals surface area contributed by atoms with Crippen LogP contribution in [0.15, 0.2) is 201 Å². The van der Waals surface area contributed by atoms with Gasteiger partial charge in [-0.25, -0.2) is 13.1 Å². The van der Waals surface area contributed by atoms with Crippen molar-refractivity contribution in [3.05, 3.63) is 187 Å². The van der Waals surface area contributed by atoms with E-state index in [0.717, 1.165) is 102 Å². The Morgan fingerprint density at radius 2 is 1.27 bits per heavy atom. The summed E-state index contributed by atoms with van der Waals surface area (Å²) in [6, 6.07) is 62.4. The van der Waals surface area contributed by atoms with Crippen LogP contribution in [0, 0.1) is 5.92 Å². The van der Waals surface area contributed by atoms with Crippen LogP contribution in [0.25, 0.3) is 33.4 Å². The van der Waals surface area contributed by atoms with Gasteiger partial charge in [0.2, 0.25) is 21.1 Å². The van der Waals surface area contributed by atoms with Crippen molar-refractivity contribution >= 4 is 61.6 Å². The molecule has 8 rings (SSSR count). The van der Waals surface area contributed by atoms with Crippen LogP contribution in [-0.2, 0) is 10.0 Å². The van der Waals surface area contributed by atoms with E-state index in [9.17, 15) is 8.42 Å². The highest BCUT2D eigenvalue weighted by Gasteiger charge is 2.26. The minimum absolute atomic E-state index is 0.265. The second-order valence-electron chi connectivity index (χ2n) is 16.6. The molecule has 6 aromatic carbocycles. The van der Waals surface area contributed by atoms with E-state index in [1.54, 1.807) is 6.07 Å². The number of thioether (sulfide) groups is 2. The summed E-state index contributed by atoms with van der Waals surface area (Å²) in [6.45, 7) is 6.33. The average molecular weight is 931 g/mol. The van der Waals surface area contributed by atoms with E-state index in [2.05, 4.69) is 174 Å². The molecule has 0 fully saturated rings. The van der Waals surface area contributed by atoms with E-state index in [1.807, 2.05) is 53.9 Å². The highest BCUT2D eigenvalue weighted by Crippen LogP contribution is 2.43. The van der Waals surface area contributed by atoms with E-state index >= 15 is 0 Å². The Morgan fingerprint density at radius 3 is 1.95 bits per heavy atom. The van der Waals surface area contributed by atoms with Gasteiger partial charge >= 0.3 is 0 Å². The Hall–Kier alpha value is -5.58. The molecule has 1 aliphatic heterocycles. The number of hydrogen-bond acceptors (Lipinski definition) is 6. The lowest BCUT2D eigenvalue weighted by Gasteiger charge is -2.26. The number of para-hydroxylation sites is 2. The van der Waals surface area contributed by atoms with Gasteiger partial charge in [0.25, 0.3) is 0 Å². The standard InChI is InChI=1S/C57H60N3O3S3/c1-3-5-22-44(4-2)43-58-66(61,62)56-32-19-18-31-53(56)57-51-35-33-47(59(45-23-10-6-11-24-45)37-20-39-64-49-27-14-8-15-28-49)41-54(51)63-55-42-48(34-36-52(55)57)60(46-25-12-7-13-26-46)38-21-40-65-50-29-16-9-17-30-50/h6-19,23-36,41-42,44,58H,3-5,20-22,37-40,43H2,1-2H3/q+1. The summed E-state index contributed by atoms with van der Waals surface area (Å²) in [5.74, 6) is 2.91. The van der Waals surface area contributed by atoms with Crippen molar-refractivity contribution in [3.63, 3.8) is 0 Å². The molecular formula is C57H60N3O3S3+. The maximum atomic E-state index is 14.5. The number of unbranched alkanes of at least 4 members (excludes halogenated alkanes) is 1. The number of anilines is 2. The summed E-state index contributed by atoms with van der Waals surface area (Å²) >= 11 is 3.74. The van der Waals surface area contributed by atoms with E-state index in [4.69, 9.17) is 4.42 Å². The van der Waals surface area contributed by atoms with Crippen LogP contribution in [0.5, 0.6) is 0 Å². The molecule has 1 unspecified atom stereocenters. The van der Waals surface area contributed by atoms with Gasteiger partial charge in [-0.1, -0.05) is 124 Å². The summed E-state index contributed by atoms with van der Waals surface area (Å²) in [5, 5.41) is 1.85. The SMILES string of the molecule is CCCCC(CC)CNS(=O)(=O)c1ccccc1-c1c2ccc(=[N+](CCCSc3ccccc3)c3ccccc3)cc-2oc2cc(N(CCCSc3ccccc3)c3ccccc3)ccc12. The van der Waals surface area contributed by atoms with E-state index < -0.39 is 10.0 Å². The fraction of sp³-hybridized carbons (Fsp3) is 0.246. The lowest BCUT2D eigenvalue weighted by molar-refractivity contribution is 0.444. The van der Waals surface area contributed by atoms with Crippen LogP contribution in [0.2, 0.25) is 0 Å². The molecule has 0 amide bonds. The third kappa shape index (κ3) is 11.9. The van der Waals surface area contributed by atoms with Crippen LogP contribution < -0.4 is 19.6 Å². The average Bonchev–Trinajstić information content (AvgIpc) is 3.36. The molecule has 6 aromatic rings. The van der Waals surface area contributed by atoms with Crippen molar-refractivity contribution in [2.75, 3.05) is 36.0 Å². The van der Waals surface area contributed by atoms with Crippen molar-refractivity contribution in [2.45, 2.75) is 67.1 Å². The van der Waals surface area contributed by atoms with Crippen LogP contribution in [-0.4, -0.2) is 39.6 Å². The number of rotatable bonds is 22. The maximum Gasteiger partial charge on any atom is 0.241 e. The third-order valence-electron chi connectivity index (χ3n) is 12.1. The van der Waals surface area contributed by atoms with Crippen LogP contribution in [0.3, 0.4) is 0 Å². The molecule has 0 spiro atoms. The molecule has 6 nitrogen and oxygen atoms in total. The lowest BCUT2D eigenvalue weighted by atomic mass is 9.93. The van der Waals surface area contributed by atoms with Gasteiger partial charge in [0.1, 0.15) is 17.9 Å². The molecule has 66 heavy (non-hydrogen) atoms. The second kappa shape index (κ2) is 23.2. The summed E-state index contributed by atoms with van der Waals surface area (Å²) in [7, 11) is -3.89. The van der Waals surface area contributed by atoms with Crippen molar-refractivity contribution in [3.8, 4) is 22.5 Å². The molecule has 0 saturated heterocycles. The summed E-state index contributed by atoms with van der Waals surface area (Å²) < 4.78 is 41.4. The quantitative estimate of drug-likeness (QED) is 0.0316. The number of hydrogen-bond donors (Lipinski definition) is 1. The Balaban J connectivity index is 1.25. The monoisotopic (exact) mass is 930 g/mol. The maximum absolute atomic E-state index is 14.5. The number of nitrogens with one attached hydrogen (secondary N) is 1. The highest BCUT2D eigenvalue weighted by molar-refractivity contribution is 7.99. The molecule has 1 heterocycles. The first-order chi connectivity index (χ1) is 32.4. The molecule has 0 aromatic heterocycles. The zero-order valence-electron chi connectivity index (χ0n) is 38.0. The Kier molecular flexibility index (Phi) is 16.5. The van der Waals surface area contributed by atoms with Gasteiger partial charge in [-0.2, -0.15) is 4.58 Å². The highest BCUT2D eigenvalue weighted by atomic mass is 32.2. The largest absolute Gasteiger partial charge is 0.456 e. The number of sulfonamides is 1. The minimum Gasteiger partial charge on any atom is -0.456 e. The second-order valence-corrected chi connectivity index (χ2v) is 20.7. The van der Waals surface area contributed by atoms with E-state index in [0.29, 0.717) is 23.5 Å². The van der Waals surface area contributed by atoms with Gasteiger partial charge in [-0.3, -0.25) is 0 Å². The Bertz CT molecular complexity index is 2930. The van der Waals surface area contributed by atoms with Gasteiger partial charge < -0.3 is 9.32 Å². The number of fused-ring (bicyclic) bond motifs is 2. The molecule has 1 atom stereocenters. The topological polar surface area (TPSA) is 65.6 Å². The van der Waals surface area contributed by atoms with Crippen LogP contribution in [0.1, 0.15) is 52.4 Å². The summed E-state index contributed by atoms with van der Waals surface area (Å²) in [4.78, 5) is 5.16. The zero-order valence-corrected chi connectivity index (χ0v) is 40.5. The van der Waals surface area contributed by atoms with Gasteiger partial charge in [0, 0.05) is 92.8 Å². The van der Waals surface area contributed by atoms with E-state index in [-0.39, 0.29) is 10.8 Å². The lowest BCUT2D eigenvalue weighted by Crippen LogP contribution is -2.29. The van der Waals surface area contributed by atoms with Gasteiger partial charge in [-0.05, 0) is 85.2 Å². The Morgan fingerprint density at radius 1 is 0.636 bits per heavy atom. The Labute approximate surface area is 400 Å². The molecule has 0 bridgehead atoms. The predicted molar refractivity (Wildman–Crippen MR) is 280 cm³/mol. The molecular weight excluding hydrogens is 871 g/mol. The van der Waals surface area contributed by atoms with Crippen LogP contribution in [0.4, 0.5) is 17.1 Å². The first kappa shape index (κ1) is 46.9. The van der Waals surface area contributed by atoms with E-state index in [1.165, 1.54) is 9.79 Å². The third-order valence-corrected chi connectivity index (χ3v) is 15.8. The van der Waals surface area contributed by atoms with Gasteiger partial charge in [0.15, 0.2) is 0 Å². The smallest absolute Gasteiger partial charge is 0.241 e. The molecule has 0 radical (unpaired) electrons. The van der Waals surface area contributed by atoms with Crippen LogP contribution >= 0.6 is 23.5 Å². The first-order valence-corrected chi connectivity index (χ1v) is 26.8. The minimum atomic E-state index is -3.89. The molecule has 1 N–H and O–H groups in total. The molecule has 2 aliphatic rings. The normalized spacial score (nSPS) is 12.6. The van der Waals surface area contributed by atoms with Gasteiger partial charge in [0.05, 0.1) is 11.0 Å². The fourth-order valence-corrected chi connectivity index (χ4v) is 11.6. The number of benzene rings is 7. The zero-order chi connectivity index (χ0) is 45.6. The van der Waals surface area contributed by atoms with Crippen molar-refractivity contribution in [1.82, 2.24) is 9.30 Å². The predicted octanol–water partition coefficient (Wildman–Crippen LogP) is 14.3.